The fourth-order valence-electron chi connectivity index (χ4n) is 3.03. The maximum atomic E-state index is 15.0. The number of benzene rings is 1. The van der Waals surface area contributed by atoms with E-state index in [9.17, 15) is 27.9 Å². The molecular formula is C21H20ClF4N5O4. The van der Waals surface area contributed by atoms with Gasteiger partial charge in [-0.05, 0) is 44.5 Å². The van der Waals surface area contributed by atoms with Crippen LogP contribution in [-0.4, -0.2) is 42.6 Å². The lowest BCUT2D eigenvalue weighted by Gasteiger charge is -2.19. The molecule has 0 fully saturated rings. The highest BCUT2D eigenvalue weighted by molar-refractivity contribution is 6.34. The maximum absolute atomic E-state index is 15.0. The van der Waals surface area contributed by atoms with Gasteiger partial charge in [-0.15, -0.1) is 5.10 Å². The van der Waals surface area contributed by atoms with Crippen LogP contribution in [0.1, 0.15) is 35.6 Å². The summed E-state index contributed by atoms with van der Waals surface area (Å²) in [5.41, 5.74) is -0.731. The molecule has 1 amide bonds. The summed E-state index contributed by atoms with van der Waals surface area (Å²) in [6.07, 6.45) is -7.27. The van der Waals surface area contributed by atoms with Gasteiger partial charge >= 0.3 is 11.9 Å². The fourth-order valence-corrected chi connectivity index (χ4v) is 3.20. The van der Waals surface area contributed by atoms with Gasteiger partial charge in [-0.1, -0.05) is 17.7 Å². The molecule has 0 bridgehead atoms. The molecule has 1 atom stereocenters. The van der Waals surface area contributed by atoms with Gasteiger partial charge in [0.05, 0.1) is 10.7 Å². The van der Waals surface area contributed by atoms with Crippen LogP contribution in [0.15, 0.2) is 29.1 Å². The van der Waals surface area contributed by atoms with E-state index in [-0.39, 0.29) is 23.1 Å². The van der Waals surface area contributed by atoms with E-state index in [0.29, 0.717) is 17.7 Å². The second kappa shape index (κ2) is 10.0. The monoisotopic (exact) mass is 517 g/mol. The SMILES string of the molecule is CCn1c(CO)nn(-c2nc(OC(C)C(F)(F)F)c(C(=O)Nc3cc(C)ccc3Cl)cc2F)c1=O. The first-order valence-electron chi connectivity index (χ1n) is 10.2. The number of hydrogen-bond donors (Lipinski definition) is 2. The highest BCUT2D eigenvalue weighted by Crippen LogP contribution is 2.29. The highest BCUT2D eigenvalue weighted by Gasteiger charge is 2.39. The second-order valence-corrected chi connectivity index (χ2v) is 7.81. The number of halogens is 5. The molecule has 2 heterocycles. The van der Waals surface area contributed by atoms with Crippen molar-refractivity contribution in [1.29, 1.82) is 0 Å². The number of aliphatic hydroxyl groups excluding tert-OH is 1. The number of amides is 1. The Morgan fingerprint density at radius 1 is 1.31 bits per heavy atom. The summed E-state index contributed by atoms with van der Waals surface area (Å²) in [6, 6.07) is 5.24. The van der Waals surface area contributed by atoms with Crippen LogP contribution in [-0.2, 0) is 13.2 Å². The van der Waals surface area contributed by atoms with E-state index in [4.69, 9.17) is 16.3 Å². The Kier molecular flexibility index (Phi) is 7.50. The van der Waals surface area contributed by atoms with Crippen LogP contribution in [0.25, 0.3) is 5.82 Å². The molecule has 2 aromatic heterocycles. The molecule has 1 unspecified atom stereocenters. The zero-order valence-corrected chi connectivity index (χ0v) is 19.4. The summed E-state index contributed by atoms with van der Waals surface area (Å²) in [7, 11) is 0. The van der Waals surface area contributed by atoms with E-state index in [1.54, 1.807) is 19.9 Å². The number of nitrogens with zero attached hydrogens (tertiary/aromatic N) is 4. The van der Waals surface area contributed by atoms with E-state index in [0.717, 1.165) is 10.1 Å². The predicted molar refractivity (Wildman–Crippen MR) is 117 cm³/mol. The Morgan fingerprint density at radius 2 is 2.00 bits per heavy atom. The maximum Gasteiger partial charge on any atom is 0.425 e. The molecule has 0 saturated heterocycles. The van der Waals surface area contributed by atoms with Crippen LogP contribution >= 0.6 is 11.6 Å². The minimum absolute atomic E-state index is 0.0720. The van der Waals surface area contributed by atoms with Gasteiger partial charge in [0.2, 0.25) is 5.88 Å². The number of aryl methyl sites for hydroxylation is 1. The molecule has 3 rings (SSSR count). The molecule has 2 N–H and O–H groups in total. The van der Waals surface area contributed by atoms with Gasteiger partial charge in [-0.2, -0.15) is 22.8 Å². The van der Waals surface area contributed by atoms with Crippen molar-refractivity contribution in [3.63, 3.8) is 0 Å². The third-order valence-corrected chi connectivity index (χ3v) is 5.21. The van der Waals surface area contributed by atoms with Crippen molar-refractivity contribution < 1.29 is 32.2 Å². The lowest BCUT2D eigenvalue weighted by Crippen LogP contribution is -2.33. The largest absolute Gasteiger partial charge is 0.464 e. The van der Waals surface area contributed by atoms with Gasteiger partial charge in [-0.3, -0.25) is 9.36 Å². The Balaban J connectivity index is 2.14. The molecule has 0 aliphatic heterocycles. The zero-order valence-electron chi connectivity index (χ0n) is 18.7. The standard InChI is InChI=1S/C21H20ClF4N5O4/c1-4-30-16(9-32)29-31(20(30)34)17-14(23)8-12(19(28-17)35-11(3)21(24,25)26)18(33)27-15-7-10(2)5-6-13(15)22/h5-8,11,32H,4,9H2,1-3H3,(H,27,33). The number of hydrogen-bond acceptors (Lipinski definition) is 6. The van der Waals surface area contributed by atoms with Crippen molar-refractivity contribution >= 4 is 23.2 Å². The normalized spacial score (nSPS) is 12.5. The first-order valence-corrected chi connectivity index (χ1v) is 10.6. The zero-order chi connectivity index (χ0) is 26.1. The van der Waals surface area contributed by atoms with Gasteiger partial charge < -0.3 is 15.2 Å². The van der Waals surface area contributed by atoms with Crippen molar-refractivity contribution in [1.82, 2.24) is 19.3 Å². The van der Waals surface area contributed by atoms with Gasteiger partial charge in [-0.25, -0.2) is 9.18 Å². The summed E-state index contributed by atoms with van der Waals surface area (Å²) in [6.45, 7) is 3.37. The molecule has 1 aromatic carbocycles. The first-order chi connectivity index (χ1) is 16.4. The molecule has 188 valence electrons. The summed E-state index contributed by atoms with van der Waals surface area (Å²) in [4.78, 5) is 29.2. The average Bonchev–Trinajstić information content (AvgIpc) is 3.11. The third-order valence-electron chi connectivity index (χ3n) is 4.88. The molecule has 0 saturated carbocycles. The van der Waals surface area contributed by atoms with Gasteiger partial charge in [0, 0.05) is 6.54 Å². The smallest absolute Gasteiger partial charge is 0.425 e. The van der Waals surface area contributed by atoms with E-state index in [1.165, 1.54) is 12.1 Å². The number of carbonyl (C=O) groups excluding carboxylic acids is 1. The van der Waals surface area contributed by atoms with Crippen molar-refractivity contribution in [2.24, 2.45) is 0 Å². The lowest BCUT2D eigenvalue weighted by molar-refractivity contribution is -0.190. The van der Waals surface area contributed by atoms with E-state index in [1.807, 2.05) is 0 Å². The Bertz CT molecular complexity index is 1320. The number of pyridine rings is 1. The first kappa shape index (κ1) is 26.2. The Morgan fingerprint density at radius 3 is 2.57 bits per heavy atom. The van der Waals surface area contributed by atoms with Crippen LogP contribution in [0.4, 0.5) is 23.2 Å². The number of carbonyl (C=O) groups is 1. The van der Waals surface area contributed by atoms with Crippen molar-refractivity contribution in [3.8, 4) is 11.7 Å². The summed E-state index contributed by atoms with van der Waals surface area (Å²) >= 11 is 6.06. The molecule has 9 nitrogen and oxygen atoms in total. The van der Waals surface area contributed by atoms with Crippen LogP contribution in [0.5, 0.6) is 5.88 Å². The number of anilines is 1. The third kappa shape index (κ3) is 5.46. The average molecular weight is 518 g/mol. The minimum atomic E-state index is -4.84. The van der Waals surface area contributed by atoms with Crippen LogP contribution in [0, 0.1) is 12.7 Å². The fraction of sp³-hybridized carbons (Fsp3) is 0.333. The van der Waals surface area contributed by atoms with Crippen molar-refractivity contribution in [2.45, 2.75) is 46.2 Å². The van der Waals surface area contributed by atoms with Gasteiger partial charge in [0.25, 0.3) is 5.91 Å². The van der Waals surface area contributed by atoms with E-state index < -0.39 is 53.6 Å². The predicted octanol–water partition coefficient (Wildman–Crippen LogP) is 3.62. The Labute approximate surface area is 200 Å². The molecule has 0 aliphatic rings. The lowest BCUT2D eigenvalue weighted by atomic mass is 10.2. The number of rotatable bonds is 7. The van der Waals surface area contributed by atoms with E-state index in [2.05, 4.69) is 15.4 Å². The summed E-state index contributed by atoms with van der Waals surface area (Å²) in [5, 5.41) is 15.7. The topological polar surface area (TPSA) is 111 Å². The van der Waals surface area contributed by atoms with Crippen LogP contribution in [0.3, 0.4) is 0 Å². The van der Waals surface area contributed by atoms with Crippen molar-refractivity contribution in [2.75, 3.05) is 5.32 Å². The molecule has 14 heteroatoms. The number of aromatic nitrogens is 4. The number of alkyl halides is 3. The number of ether oxygens (including phenoxy) is 1. The Hall–Kier alpha value is -3.45. The van der Waals surface area contributed by atoms with Crippen molar-refractivity contribution in [3.05, 3.63) is 62.5 Å². The minimum Gasteiger partial charge on any atom is -0.464 e. The number of aliphatic hydroxyl groups is 1. The molecule has 0 radical (unpaired) electrons. The molecule has 3 aromatic rings. The molecule has 0 spiro atoms. The van der Waals surface area contributed by atoms with Gasteiger partial charge in [0.1, 0.15) is 12.2 Å². The van der Waals surface area contributed by atoms with Gasteiger partial charge in [0.15, 0.2) is 23.6 Å². The highest BCUT2D eigenvalue weighted by atomic mass is 35.5. The van der Waals surface area contributed by atoms with Crippen LogP contribution < -0.4 is 15.7 Å². The van der Waals surface area contributed by atoms with E-state index >= 15 is 4.39 Å². The molecule has 0 aliphatic carbocycles. The molecular weight excluding hydrogens is 498 g/mol. The second-order valence-electron chi connectivity index (χ2n) is 7.40. The van der Waals surface area contributed by atoms with Crippen LogP contribution in [0.2, 0.25) is 5.02 Å². The molecule has 35 heavy (non-hydrogen) atoms. The number of nitrogens with one attached hydrogen (secondary N) is 1. The summed E-state index contributed by atoms with van der Waals surface area (Å²) < 4.78 is 60.9. The summed E-state index contributed by atoms with van der Waals surface area (Å²) in [5.74, 6) is -4.13. The quantitative estimate of drug-likeness (QED) is 0.463.